The Labute approximate surface area is 155 Å². The number of carbonyl (C=O) groups excluding carboxylic acids is 1. The lowest BCUT2D eigenvalue weighted by Gasteiger charge is -2.21. The van der Waals surface area contributed by atoms with E-state index in [9.17, 15) is 4.79 Å². The SMILES string of the molecule is COc1cc(C)c([C@@H](C)NC(=O)Cc2ccccc2Cl)cc1C(C)C. The molecule has 2 rings (SSSR count). The van der Waals surface area contributed by atoms with Crippen molar-refractivity contribution in [2.75, 3.05) is 7.11 Å². The number of methoxy groups -OCH3 is 1. The van der Waals surface area contributed by atoms with Crippen LogP contribution in [-0.2, 0) is 11.2 Å². The molecule has 3 nitrogen and oxygen atoms in total. The van der Waals surface area contributed by atoms with Gasteiger partial charge in [0.2, 0.25) is 5.91 Å². The molecule has 2 aromatic rings. The van der Waals surface area contributed by atoms with Crippen LogP contribution < -0.4 is 10.1 Å². The predicted octanol–water partition coefficient (Wildman–Crippen LogP) is 5.20. The van der Waals surface area contributed by atoms with E-state index in [2.05, 4.69) is 25.2 Å². The van der Waals surface area contributed by atoms with E-state index in [4.69, 9.17) is 16.3 Å². The monoisotopic (exact) mass is 359 g/mol. The van der Waals surface area contributed by atoms with Gasteiger partial charge in [0.1, 0.15) is 5.75 Å². The Kier molecular flexibility index (Phi) is 6.49. The van der Waals surface area contributed by atoms with Gasteiger partial charge in [-0.2, -0.15) is 0 Å². The second kappa shape index (κ2) is 8.39. The zero-order valence-electron chi connectivity index (χ0n) is 15.5. The molecular weight excluding hydrogens is 334 g/mol. The summed E-state index contributed by atoms with van der Waals surface area (Å²) >= 11 is 6.14. The quantitative estimate of drug-likeness (QED) is 0.769. The van der Waals surface area contributed by atoms with Crippen molar-refractivity contribution in [3.8, 4) is 5.75 Å². The summed E-state index contributed by atoms with van der Waals surface area (Å²) in [5.41, 5.74) is 4.20. The first-order valence-corrected chi connectivity index (χ1v) is 8.92. The molecule has 1 N–H and O–H groups in total. The fourth-order valence-corrected chi connectivity index (χ4v) is 3.20. The van der Waals surface area contributed by atoms with Crippen molar-refractivity contribution in [2.24, 2.45) is 0 Å². The third-order valence-corrected chi connectivity index (χ3v) is 4.76. The van der Waals surface area contributed by atoms with Crippen molar-refractivity contribution in [1.82, 2.24) is 5.32 Å². The van der Waals surface area contributed by atoms with Gasteiger partial charge in [0, 0.05) is 5.02 Å². The molecule has 1 amide bonds. The molecule has 0 heterocycles. The molecule has 0 fully saturated rings. The first-order chi connectivity index (χ1) is 11.8. The van der Waals surface area contributed by atoms with E-state index >= 15 is 0 Å². The molecule has 0 aliphatic heterocycles. The highest BCUT2D eigenvalue weighted by atomic mass is 35.5. The van der Waals surface area contributed by atoms with Gasteiger partial charge in [-0.3, -0.25) is 4.79 Å². The smallest absolute Gasteiger partial charge is 0.224 e. The number of hydrogen-bond donors (Lipinski definition) is 1. The summed E-state index contributed by atoms with van der Waals surface area (Å²) in [7, 11) is 1.69. The maximum atomic E-state index is 12.4. The van der Waals surface area contributed by atoms with Gasteiger partial charge in [0.15, 0.2) is 0 Å². The summed E-state index contributed by atoms with van der Waals surface area (Å²) in [5.74, 6) is 1.20. The van der Waals surface area contributed by atoms with Crippen LogP contribution in [0, 0.1) is 6.92 Å². The highest BCUT2D eigenvalue weighted by Gasteiger charge is 2.17. The van der Waals surface area contributed by atoms with E-state index in [0.29, 0.717) is 10.9 Å². The van der Waals surface area contributed by atoms with E-state index < -0.39 is 0 Å². The van der Waals surface area contributed by atoms with E-state index in [0.717, 1.165) is 28.0 Å². The Morgan fingerprint density at radius 2 is 1.84 bits per heavy atom. The third kappa shape index (κ3) is 4.76. The standard InChI is InChI=1S/C21H26ClNO2/c1-13(2)17-12-18(14(3)10-20(17)25-5)15(4)23-21(24)11-16-8-6-7-9-19(16)22/h6-10,12-13,15H,11H2,1-5H3,(H,23,24)/t15-/m1/s1. The minimum absolute atomic E-state index is 0.0399. The summed E-state index contributed by atoms with van der Waals surface area (Å²) < 4.78 is 5.49. The first-order valence-electron chi connectivity index (χ1n) is 8.54. The molecule has 0 saturated carbocycles. The fraction of sp³-hybridized carbons (Fsp3) is 0.381. The number of benzene rings is 2. The van der Waals surface area contributed by atoms with Crippen LogP contribution in [0.4, 0.5) is 0 Å². The summed E-state index contributed by atoms with van der Waals surface area (Å²) in [5, 5.41) is 3.70. The molecule has 0 saturated heterocycles. The number of carbonyl (C=O) groups is 1. The number of halogens is 1. The molecule has 4 heteroatoms. The Balaban J connectivity index is 2.17. The van der Waals surface area contributed by atoms with Gasteiger partial charge in [0.25, 0.3) is 0 Å². The molecule has 0 aromatic heterocycles. The third-order valence-electron chi connectivity index (χ3n) is 4.39. The minimum Gasteiger partial charge on any atom is -0.496 e. The molecule has 0 aliphatic rings. The van der Waals surface area contributed by atoms with E-state index in [1.807, 2.05) is 38.1 Å². The lowest BCUT2D eigenvalue weighted by molar-refractivity contribution is -0.121. The van der Waals surface area contributed by atoms with Gasteiger partial charge in [-0.15, -0.1) is 0 Å². The van der Waals surface area contributed by atoms with Crippen LogP contribution in [-0.4, -0.2) is 13.0 Å². The molecule has 1 atom stereocenters. The fourth-order valence-electron chi connectivity index (χ4n) is 3.00. The summed E-state index contributed by atoms with van der Waals surface area (Å²) in [6.45, 7) is 8.32. The summed E-state index contributed by atoms with van der Waals surface area (Å²) in [6.07, 6.45) is 0.274. The van der Waals surface area contributed by atoms with Crippen LogP contribution in [0.3, 0.4) is 0 Å². The number of aryl methyl sites for hydroxylation is 1. The zero-order chi connectivity index (χ0) is 18.6. The first kappa shape index (κ1) is 19.3. The lowest BCUT2D eigenvalue weighted by atomic mass is 9.93. The highest BCUT2D eigenvalue weighted by Crippen LogP contribution is 2.32. The van der Waals surface area contributed by atoms with Gasteiger partial charge >= 0.3 is 0 Å². The number of hydrogen-bond acceptors (Lipinski definition) is 2. The Hall–Kier alpha value is -2.00. The van der Waals surface area contributed by atoms with E-state index in [1.54, 1.807) is 13.2 Å². The van der Waals surface area contributed by atoms with Crippen molar-refractivity contribution in [2.45, 2.75) is 46.1 Å². The van der Waals surface area contributed by atoms with Crippen LogP contribution in [0.25, 0.3) is 0 Å². The van der Waals surface area contributed by atoms with Gasteiger partial charge in [-0.1, -0.05) is 43.6 Å². The second-order valence-corrected chi connectivity index (χ2v) is 7.07. The molecule has 0 radical (unpaired) electrons. The average molecular weight is 360 g/mol. The molecular formula is C21H26ClNO2. The molecule has 0 aliphatic carbocycles. The highest BCUT2D eigenvalue weighted by molar-refractivity contribution is 6.31. The Morgan fingerprint density at radius 1 is 1.16 bits per heavy atom. The Morgan fingerprint density at radius 3 is 2.44 bits per heavy atom. The number of ether oxygens (including phenoxy) is 1. The van der Waals surface area contributed by atoms with Crippen molar-refractivity contribution in [3.05, 3.63) is 63.7 Å². The van der Waals surface area contributed by atoms with Gasteiger partial charge < -0.3 is 10.1 Å². The van der Waals surface area contributed by atoms with Gasteiger partial charge in [0.05, 0.1) is 19.6 Å². The van der Waals surface area contributed by atoms with Gasteiger partial charge in [-0.05, 0) is 60.2 Å². The molecule has 134 valence electrons. The minimum atomic E-state index is -0.0848. The van der Waals surface area contributed by atoms with Crippen LogP contribution in [0.2, 0.25) is 5.02 Å². The van der Waals surface area contributed by atoms with Crippen LogP contribution in [0.15, 0.2) is 36.4 Å². The average Bonchev–Trinajstić information content (AvgIpc) is 2.56. The Bertz CT molecular complexity index is 756. The molecule has 0 unspecified atom stereocenters. The summed E-state index contributed by atoms with van der Waals surface area (Å²) in [4.78, 5) is 12.4. The van der Waals surface area contributed by atoms with Crippen molar-refractivity contribution in [1.29, 1.82) is 0 Å². The number of nitrogens with one attached hydrogen (secondary N) is 1. The second-order valence-electron chi connectivity index (χ2n) is 6.66. The largest absolute Gasteiger partial charge is 0.496 e. The molecule has 0 spiro atoms. The van der Waals surface area contributed by atoms with Crippen molar-refractivity contribution < 1.29 is 9.53 Å². The van der Waals surface area contributed by atoms with Crippen molar-refractivity contribution in [3.63, 3.8) is 0 Å². The predicted molar refractivity (Wildman–Crippen MR) is 104 cm³/mol. The maximum Gasteiger partial charge on any atom is 0.224 e. The number of amides is 1. The molecule has 25 heavy (non-hydrogen) atoms. The van der Waals surface area contributed by atoms with Crippen LogP contribution >= 0.6 is 11.6 Å². The number of rotatable bonds is 6. The summed E-state index contributed by atoms with van der Waals surface area (Å²) in [6, 6.07) is 11.5. The van der Waals surface area contributed by atoms with Crippen LogP contribution in [0.5, 0.6) is 5.75 Å². The zero-order valence-corrected chi connectivity index (χ0v) is 16.3. The van der Waals surface area contributed by atoms with Crippen molar-refractivity contribution >= 4 is 17.5 Å². The van der Waals surface area contributed by atoms with E-state index in [1.165, 1.54) is 0 Å². The normalized spacial score (nSPS) is 12.1. The van der Waals surface area contributed by atoms with Crippen LogP contribution in [0.1, 0.15) is 55.0 Å². The molecule has 0 bridgehead atoms. The van der Waals surface area contributed by atoms with Gasteiger partial charge in [-0.25, -0.2) is 0 Å². The molecule has 2 aromatic carbocycles. The van der Waals surface area contributed by atoms with E-state index in [-0.39, 0.29) is 18.4 Å². The lowest BCUT2D eigenvalue weighted by Crippen LogP contribution is -2.28. The maximum absolute atomic E-state index is 12.4. The topological polar surface area (TPSA) is 38.3 Å².